The van der Waals surface area contributed by atoms with Gasteiger partial charge in [-0.05, 0) is 60.7 Å². The summed E-state index contributed by atoms with van der Waals surface area (Å²) in [5.41, 5.74) is 4.46. The van der Waals surface area contributed by atoms with E-state index in [9.17, 15) is 14.7 Å². The van der Waals surface area contributed by atoms with Crippen molar-refractivity contribution in [2.75, 3.05) is 4.90 Å². The van der Waals surface area contributed by atoms with Crippen molar-refractivity contribution in [2.45, 2.75) is 46.3 Å². The molecule has 1 aromatic heterocycles. The van der Waals surface area contributed by atoms with Crippen molar-refractivity contribution in [3.05, 3.63) is 111 Å². The van der Waals surface area contributed by atoms with Crippen LogP contribution in [0, 0.1) is 13.8 Å². The molecule has 1 amide bonds. The molecule has 1 aliphatic rings. The van der Waals surface area contributed by atoms with E-state index in [0.29, 0.717) is 39.5 Å². The van der Waals surface area contributed by atoms with Gasteiger partial charge in [-0.1, -0.05) is 79.3 Å². The third kappa shape index (κ3) is 5.33. The van der Waals surface area contributed by atoms with E-state index in [1.165, 1.54) is 16.2 Å². The number of ether oxygens (including phenoxy) is 1. The fourth-order valence-corrected chi connectivity index (χ4v) is 5.34. The Morgan fingerprint density at radius 3 is 2.33 bits per heavy atom. The van der Waals surface area contributed by atoms with Crippen LogP contribution < -0.4 is 9.64 Å². The topological polar surface area (TPSA) is 92.6 Å². The fourth-order valence-electron chi connectivity index (χ4n) is 4.63. The first-order chi connectivity index (χ1) is 18.7. The summed E-state index contributed by atoms with van der Waals surface area (Å²) in [7, 11) is 0. The van der Waals surface area contributed by atoms with Crippen molar-refractivity contribution in [3.63, 3.8) is 0 Å². The SMILES string of the molecule is Cc1cccc(COc2ccc(/C(O)=C3\C(=O)C(=O)N(c4nnc(C)s4)C3c3ccc(C(C)C)cc3)cc2)c1. The molecule has 1 N–H and O–H groups in total. The highest BCUT2D eigenvalue weighted by Gasteiger charge is 2.48. The summed E-state index contributed by atoms with van der Waals surface area (Å²) in [4.78, 5) is 27.9. The molecule has 1 aliphatic heterocycles. The number of benzene rings is 3. The maximum Gasteiger partial charge on any atom is 0.301 e. The average molecular weight is 540 g/mol. The summed E-state index contributed by atoms with van der Waals surface area (Å²) >= 11 is 1.22. The Morgan fingerprint density at radius 2 is 1.72 bits per heavy atom. The molecule has 5 rings (SSSR count). The first-order valence-corrected chi connectivity index (χ1v) is 13.5. The smallest absolute Gasteiger partial charge is 0.301 e. The van der Waals surface area contributed by atoms with Crippen LogP contribution in [-0.4, -0.2) is 27.0 Å². The van der Waals surface area contributed by atoms with Crippen LogP contribution in [0.3, 0.4) is 0 Å². The Kier molecular flexibility index (Phi) is 7.30. The summed E-state index contributed by atoms with van der Waals surface area (Å²) in [5, 5.41) is 20.5. The Hall–Kier alpha value is -4.30. The predicted octanol–water partition coefficient (Wildman–Crippen LogP) is 6.48. The number of aliphatic hydroxyl groups is 1. The highest BCUT2D eigenvalue weighted by atomic mass is 32.1. The fraction of sp³-hybridized carbons (Fsp3) is 0.226. The molecular weight excluding hydrogens is 510 g/mol. The number of rotatable bonds is 7. The Labute approximate surface area is 231 Å². The maximum absolute atomic E-state index is 13.3. The Morgan fingerprint density at radius 1 is 1.00 bits per heavy atom. The Bertz CT molecular complexity index is 1560. The van der Waals surface area contributed by atoms with Gasteiger partial charge in [0.15, 0.2) is 0 Å². The van der Waals surface area contributed by atoms with Crippen LogP contribution in [0.25, 0.3) is 5.76 Å². The molecule has 0 aliphatic carbocycles. The van der Waals surface area contributed by atoms with Crippen LogP contribution in [0.2, 0.25) is 0 Å². The summed E-state index contributed by atoms with van der Waals surface area (Å²) in [6, 6.07) is 21.8. The van der Waals surface area contributed by atoms with Gasteiger partial charge >= 0.3 is 5.91 Å². The molecular formula is C31H29N3O4S. The van der Waals surface area contributed by atoms with Crippen LogP contribution in [0.4, 0.5) is 5.13 Å². The van der Waals surface area contributed by atoms with Crippen molar-refractivity contribution in [1.82, 2.24) is 10.2 Å². The number of hydrogen-bond acceptors (Lipinski definition) is 7. The number of aryl methyl sites for hydroxylation is 2. The summed E-state index contributed by atoms with van der Waals surface area (Å²) in [6.45, 7) is 8.42. The zero-order valence-electron chi connectivity index (χ0n) is 22.2. The molecule has 7 nitrogen and oxygen atoms in total. The number of anilines is 1. The Balaban J connectivity index is 1.50. The molecule has 8 heteroatoms. The van der Waals surface area contributed by atoms with Crippen molar-refractivity contribution in [2.24, 2.45) is 0 Å². The van der Waals surface area contributed by atoms with Crippen molar-refractivity contribution in [3.8, 4) is 5.75 Å². The molecule has 1 saturated heterocycles. The van der Waals surface area contributed by atoms with E-state index in [4.69, 9.17) is 4.74 Å². The standard InChI is InChI=1S/C31H29N3O4S/c1-18(2)22-8-10-23(11-9-22)27-26(29(36)30(37)34(27)31-33-32-20(4)39-31)28(35)24-12-14-25(15-13-24)38-17-21-7-5-6-19(3)16-21/h5-16,18,27,35H,17H2,1-4H3/b28-26+. The lowest BCUT2D eigenvalue weighted by Crippen LogP contribution is -2.29. The van der Waals surface area contributed by atoms with E-state index in [0.717, 1.165) is 16.7 Å². The molecule has 0 bridgehead atoms. The molecule has 0 radical (unpaired) electrons. The van der Waals surface area contributed by atoms with Gasteiger partial charge in [0.2, 0.25) is 5.13 Å². The zero-order valence-corrected chi connectivity index (χ0v) is 23.0. The second-order valence-electron chi connectivity index (χ2n) is 9.90. The minimum Gasteiger partial charge on any atom is -0.507 e. The van der Waals surface area contributed by atoms with Gasteiger partial charge < -0.3 is 9.84 Å². The van der Waals surface area contributed by atoms with Gasteiger partial charge in [-0.15, -0.1) is 10.2 Å². The third-order valence-electron chi connectivity index (χ3n) is 6.70. The van der Waals surface area contributed by atoms with Crippen LogP contribution in [0.1, 0.15) is 58.6 Å². The molecule has 4 aromatic rings. The minimum absolute atomic E-state index is 0.0126. The molecule has 0 spiro atoms. The molecule has 2 heterocycles. The van der Waals surface area contributed by atoms with Crippen LogP contribution in [0.5, 0.6) is 5.75 Å². The van der Waals surface area contributed by atoms with Crippen LogP contribution in [0.15, 0.2) is 78.4 Å². The van der Waals surface area contributed by atoms with E-state index < -0.39 is 17.7 Å². The second kappa shape index (κ2) is 10.8. The van der Waals surface area contributed by atoms with Crippen molar-refractivity contribution >= 4 is 33.9 Å². The first-order valence-electron chi connectivity index (χ1n) is 12.7. The highest BCUT2D eigenvalue weighted by Crippen LogP contribution is 2.43. The first kappa shape index (κ1) is 26.3. The molecule has 1 fully saturated rings. The van der Waals surface area contributed by atoms with Gasteiger partial charge in [-0.3, -0.25) is 14.5 Å². The molecule has 39 heavy (non-hydrogen) atoms. The van der Waals surface area contributed by atoms with Crippen LogP contribution >= 0.6 is 11.3 Å². The number of hydrogen-bond donors (Lipinski definition) is 1. The van der Waals surface area contributed by atoms with Crippen molar-refractivity contribution < 1.29 is 19.4 Å². The largest absolute Gasteiger partial charge is 0.507 e. The zero-order chi connectivity index (χ0) is 27.7. The van der Waals surface area contributed by atoms with Gasteiger partial charge in [-0.25, -0.2) is 0 Å². The van der Waals surface area contributed by atoms with Gasteiger partial charge in [0.05, 0.1) is 11.6 Å². The molecule has 1 unspecified atom stereocenters. The van der Waals surface area contributed by atoms with Gasteiger partial charge in [0.1, 0.15) is 23.1 Å². The normalized spacial score (nSPS) is 16.7. The van der Waals surface area contributed by atoms with E-state index in [1.54, 1.807) is 31.2 Å². The lowest BCUT2D eigenvalue weighted by molar-refractivity contribution is -0.132. The number of Topliss-reactive ketones (excluding diaryl/α,β-unsaturated/α-hetero) is 1. The van der Waals surface area contributed by atoms with E-state index in [2.05, 4.69) is 30.1 Å². The highest BCUT2D eigenvalue weighted by molar-refractivity contribution is 7.15. The number of carbonyl (C=O) groups excluding carboxylic acids is 2. The van der Waals surface area contributed by atoms with Gasteiger partial charge in [-0.2, -0.15) is 0 Å². The van der Waals surface area contributed by atoms with E-state index in [1.807, 2.05) is 49.4 Å². The van der Waals surface area contributed by atoms with Crippen molar-refractivity contribution in [1.29, 1.82) is 0 Å². The maximum atomic E-state index is 13.3. The predicted molar refractivity (Wildman–Crippen MR) is 152 cm³/mol. The summed E-state index contributed by atoms with van der Waals surface area (Å²) < 4.78 is 5.90. The number of aliphatic hydroxyl groups excluding tert-OH is 1. The third-order valence-corrected chi connectivity index (χ3v) is 7.54. The minimum atomic E-state index is -0.837. The van der Waals surface area contributed by atoms with E-state index >= 15 is 0 Å². The van der Waals surface area contributed by atoms with E-state index in [-0.39, 0.29) is 11.3 Å². The average Bonchev–Trinajstić information content (AvgIpc) is 3.47. The molecule has 198 valence electrons. The number of aromatic nitrogens is 2. The quantitative estimate of drug-likeness (QED) is 0.164. The lowest BCUT2D eigenvalue weighted by Gasteiger charge is -2.23. The second-order valence-corrected chi connectivity index (χ2v) is 11.1. The monoisotopic (exact) mass is 539 g/mol. The van der Waals surface area contributed by atoms with Crippen LogP contribution in [-0.2, 0) is 16.2 Å². The number of carbonyl (C=O) groups is 2. The number of amides is 1. The number of nitrogens with zero attached hydrogens (tertiary/aromatic N) is 3. The summed E-state index contributed by atoms with van der Waals surface area (Å²) in [6.07, 6.45) is 0. The lowest BCUT2D eigenvalue weighted by atomic mass is 9.93. The van der Waals surface area contributed by atoms with Gasteiger partial charge in [0.25, 0.3) is 5.78 Å². The summed E-state index contributed by atoms with van der Waals surface area (Å²) in [5.74, 6) is -0.816. The molecule has 3 aromatic carbocycles. The molecule has 0 saturated carbocycles. The number of ketones is 1. The molecule has 1 atom stereocenters. The van der Waals surface area contributed by atoms with Gasteiger partial charge in [0, 0.05) is 5.56 Å².